The fraction of sp³-hybridized carbons (Fsp3) is 0.625. The number of hydrogen-bond acceptors (Lipinski definition) is 4. The molecule has 1 aromatic heterocycles. The number of nitrogens with one attached hydrogen (secondary N) is 2. The number of nitrogens with zero attached hydrogens (tertiary/aromatic N) is 1. The molecule has 6 nitrogen and oxygen atoms in total. The van der Waals surface area contributed by atoms with E-state index in [-0.39, 0.29) is 0 Å². The van der Waals surface area contributed by atoms with Crippen LogP contribution in [0.3, 0.4) is 0 Å². The van der Waals surface area contributed by atoms with E-state index in [1.807, 2.05) is 6.07 Å². The number of carboxylic acid groups (broad SMARTS) is 1. The van der Waals surface area contributed by atoms with E-state index in [0.717, 1.165) is 25.0 Å². The third kappa shape index (κ3) is 5.18. The van der Waals surface area contributed by atoms with Crippen molar-refractivity contribution in [3.8, 4) is 5.88 Å². The van der Waals surface area contributed by atoms with Crippen molar-refractivity contribution in [2.75, 3.05) is 13.7 Å². The highest BCUT2D eigenvalue weighted by molar-refractivity contribution is 5.64. The molecule has 0 bridgehead atoms. The highest BCUT2D eigenvalue weighted by atomic mass is 16.5. The molecule has 0 saturated heterocycles. The van der Waals surface area contributed by atoms with Crippen LogP contribution in [0.15, 0.2) is 12.1 Å². The van der Waals surface area contributed by atoms with Crippen LogP contribution in [-0.2, 0) is 6.42 Å². The zero-order valence-electron chi connectivity index (χ0n) is 13.3. The van der Waals surface area contributed by atoms with Gasteiger partial charge in [-0.2, -0.15) is 0 Å². The lowest BCUT2D eigenvalue weighted by Gasteiger charge is -2.18. The molecule has 0 spiro atoms. The summed E-state index contributed by atoms with van der Waals surface area (Å²) in [5.41, 5.74) is 2.14. The van der Waals surface area contributed by atoms with Gasteiger partial charge in [-0.05, 0) is 43.7 Å². The maximum atomic E-state index is 10.4. The molecule has 3 N–H and O–H groups in total. The number of amides is 1. The molecular weight excluding hydrogens is 282 g/mol. The van der Waals surface area contributed by atoms with Crippen LogP contribution in [0.4, 0.5) is 4.79 Å². The molecular formula is C16H25N3O3. The van der Waals surface area contributed by atoms with E-state index >= 15 is 0 Å². The minimum atomic E-state index is -0.987. The number of hydrogen-bond donors (Lipinski definition) is 3. The Balaban J connectivity index is 2.02. The van der Waals surface area contributed by atoms with Gasteiger partial charge in [0, 0.05) is 30.4 Å². The molecule has 2 rings (SSSR count). The van der Waals surface area contributed by atoms with E-state index in [9.17, 15) is 4.79 Å². The first-order chi connectivity index (χ1) is 10.6. The largest absolute Gasteiger partial charge is 0.481 e. The summed E-state index contributed by atoms with van der Waals surface area (Å²) in [6.07, 6.45) is 3.99. The zero-order valence-corrected chi connectivity index (χ0v) is 13.3. The predicted octanol–water partition coefficient (Wildman–Crippen LogP) is 2.49. The van der Waals surface area contributed by atoms with Crippen LogP contribution in [0.5, 0.6) is 5.88 Å². The normalized spacial score (nSPS) is 15.4. The number of aromatic nitrogens is 1. The van der Waals surface area contributed by atoms with Crippen LogP contribution in [0.25, 0.3) is 0 Å². The van der Waals surface area contributed by atoms with Gasteiger partial charge in [0.15, 0.2) is 0 Å². The highest BCUT2D eigenvalue weighted by Gasteiger charge is 2.25. The first kappa shape index (κ1) is 16.5. The lowest BCUT2D eigenvalue weighted by Crippen LogP contribution is -2.23. The second-order valence-corrected chi connectivity index (χ2v) is 5.67. The predicted molar refractivity (Wildman–Crippen MR) is 84.3 cm³/mol. The van der Waals surface area contributed by atoms with E-state index in [2.05, 4.69) is 28.6 Å². The van der Waals surface area contributed by atoms with E-state index in [0.29, 0.717) is 24.5 Å². The number of carbonyl (C=O) groups is 1. The Labute approximate surface area is 131 Å². The van der Waals surface area contributed by atoms with Crippen LogP contribution in [0.1, 0.15) is 49.9 Å². The molecule has 0 unspecified atom stereocenters. The van der Waals surface area contributed by atoms with Crippen LogP contribution in [0.2, 0.25) is 0 Å². The lowest BCUT2D eigenvalue weighted by molar-refractivity contribution is 0.194. The van der Waals surface area contributed by atoms with Crippen LogP contribution in [-0.4, -0.2) is 35.9 Å². The Morgan fingerprint density at radius 2 is 2.27 bits per heavy atom. The summed E-state index contributed by atoms with van der Waals surface area (Å²) in [4.78, 5) is 14.9. The van der Waals surface area contributed by atoms with Crippen molar-refractivity contribution in [1.82, 2.24) is 15.6 Å². The molecule has 122 valence electrons. The van der Waals surface area contributed by atoms with Crippen molar-refractivity contribution in [3.63, 3.8) is 0 Å². The van der Waals surface area contributed by atoms with Gasteiger partial charge >= 0.3 is 6.09 Å². The fourth-order valence-corrected chi connectivity index (χ4v) is 2.47. The Morgan fingerprint density at radius 1 is 1.50 bits per heavy atom. The summed E-state index contributed by atoms with van der Waals surface area (Å²) < 4.78 is 5.31. The second-order valence-electron chi connectivity index (χ2n) is 5.67. The van der Waals surface area contributed by atoms with Gasteiger partial charge in [-0.15, -0.1) is 0 Å². The SMILES string of the molecule is CC[C@@H](NC1CC1)c1cc(CCCNC(=O)O)nc(OC)c1. The topological polar surface area (TPSA) is 83.5 Å². The van der Waals surface area contributed by atoms with Crippen molar-refractivity contribution < 1.29 is 14.6 Å². The molecule has 6 heteroatoms. The second kappa shape index (κ2) is 7.98. The Hall–Kier alpha value is -1.82. The van der Waals surface area contributed by atoms with E-state index < -0.39 is 6.09 Å². The minimum absolute atomic E-state index is 0.320. The monoisotopic (exact) mass is 307 g/mol. The van der Waals surface area contributed by atoms with Gasteiger partial charge in [-0.3, -0.25) is 0 Å². The van der Waals surface area contributed by atoms with E-state index in [1.54, 1.807) is 7.11 Å². The van der Waals surface area contributed by atoms with E-state index in [1.165, 1.54) is 18.4 Å². The third-order valence-corrected chi connectivity index (χ3v) is 3.80. The van der Waals surface area contributed by atoms with Crippen LogP contribution < -0.4 is 15.4 Å². The molecule has 1 aromatic rings. The fourth-order valence-electron chi connectivity index (χ4n) is 2.47. The first-order valence-electron chi connectivity index (χ1n) is 7.90. The standard InChI is InChI=1S/C16H25N3O3/c1-3-14(18-12-6-7-12)11-9-13(19-15(10-11)22-2)5-4-8-17-16(20)21/h9-10,12,14,17-18H,3-8H2,1-2H3,(H,20,21)/t14-/m1/s1. The van der Waals surface area contributed by atoms with Gasteiger partial charge in [-0.1, -0.05) is 6.92 Å². The first-order valence-corrected chi connectivity index (χ1v) is 7.90. The van der Waals surface area contributed by atoms with Crippen LogP contribution >= 0.6 is 0 Å². The molecule has 1 saturated carbocycles. The maximum Gasteiger partial charge on any atom is 0.404 e. The molecule has 1 aliphatic rings. The van der Waals surface area contributed by atoms with Crippen LogP contribution in [0, 0.1) is 0 Å². The number of ether oxygens (including phenoxy) is 1. The number of pyridine rings is 1. The summed E-state index contributed by atoms with van der Waals surface area (Å²) in [6, 6.07) is 5.06. The van der Waals surface area contributed by atoms with Gasteiger partial charge in [0.1, 0.15) is 0 Å². The molecule has 1 aliphatic carbocycles. The highest BCUT2D eigenvalue weighted by Crippen LogP contribution is 2.27. The Kier molecular flexibility index (Phi) is 6.00. The van der Waals surface area contributed by atoms with Gasteiger partial charge in [0.25, 0.3) is 0 Å². The molecule has 1 fully saturated rings. The number of methoxy groups -OCH3 is 1. The van der Waals surface area contributed by atoms with Gasteiger partial charge in [0.2, 0.25) is 5.88 Å². The molecule has 0 aromatic carbocycles. The third-order valence-electron chi connectivity index (χ3n) is 3.80. The Morgan fingerprint density at radius 3 is 2.86 bits per heavy atom. The Bertz CT molecular complexity index is 503. The number of aryl methyl sites for hydroxylation is 1. The summed E-state index contributed by atoms with van der Waals surface area (Å²) in [7, 11) is 1.62. The molecule has 22 heavy (non-hydrogen) atoms. The summed E-state index contributed by atoms with van der Waals surface area (Å²) in [6.45, 7) is 2.60. The van der Waals surface area contributed by atoms with Crippen molar-refractivity contribution in [2.24, 2.45) is 0 Å². The molecule has 0 radical (unpaired) electrons. The summed E-state index contributed by atoms with van der Waals surface area (Å²) in [5.74, 6) is 0.620. The molecule has 1 atom stereocenters. The zero-order chi connectivity index (χ0) is 15.9. The van der Waals surface area contributed by atoms with Gasteiger partial charge in [-0.25, -0.2) is 9.78 Å². The lowest BCUT2D eigenvalue weighted by atomic mass is 10.0. The van der Waals surface area contributed by atoms with E-state index in [4.69, 9.17) is 9.84 Å². The van der Waals surface area contributed by atoms with Crippen molar-refractivity contribution in [3.05, 3.63) is 23.4 Å². The maximum absolute atomic E-state index is 10.4. The van der Waals surface area contributed by atoms with Gasteiger partial charge in [0.05, 0.1) is 7.11 Å². The van der Waals surface area contributed by atoms with Crippen molar-refractivity contribution >= 4 is 6.09 Å². The molecule has 1 heterocycles. The molecule has 1 amide bonds. The quantitative estimate of drug-likeness (QED) is 0.611. The average Bonchev–Trinajstić information content (AvgIpc) is 3.32. The van der Waals surface area contributed by atoms with Gasteiger partial charge < -0.3 is 20.5 Å². The summed E-state index contributed by atoms with van der Waals surface area (Å²) in [5, 5.41) is 14.6. The smallest absolute Gasteiger partial charge is 0.404 e. The number of rotatable bonds is 9. The summed E-state index contributed by atoms with van der Waals surface area (Å²) >= 11 is 0. The minimum Gasteiger partial charge on any atom is -0.481 e. The average molecular weight is 307 g/mol. The van der Waals surface area contributed by atoms with Crippen molar-refractivity contribution in [2.45, 2.75) is 51.1 Å². The van der Waals surface area contributed by atoms with Crippen molar-refractivity contribution in [1.29, 1.82) is 0 Å². The molecule has 0 aliphatic heterocycles.